The predicted molar refractivity (Wildman–Crippen MR) is 130 cm³/mol. The molecule has 1 saturated heterocycles. The molecule has 2 heterocycles. The van der Waals surface area contributed by atoms with Crippen LogP contribution in [0.25, 0.3) is 11.3 Å². The summed E-state index contributed by atoms with van der Waals surface area (Å²) in [5, 5.41) is 8.28. The summed E-state index contributed by atoms with van der Waals surface area (Å²) in [6.45, 7) is 5.25. The van der Waals surface area contributed by atoms with Crippen LogP contribution in [0.2, 0.25) is 0 Å². The van der Waals surface area contributed by atoms with Gasteiger partial charge in [-0.25, -0.2) is 0 Å². The highest BCUT2D eigenvalue weighted by atomic mass is 19.4. The quantitative estimate of drug-likeness (QED) is 0.423. The Balaban J connectivity index is 1.67. The van der Waals surface area contributed by atoms with E-state index < -0.39 is 17.6 Å². The molecule has 0 spiro atoms. The molecule has 0 N–H and O–H groups in total. The van der Waals surface area contributed by atoms with Gasteiger partial charge in [-0.2, -0.15) is 13.2 Å². The summed E-state index contributed by atoms with van der Waals surface area (Å²) < 4.78 is 55.3. The molecule has 0 bridgehead atoms. The fourth-order valence-electron chi connectivity index (χ4n) is 5.01. The van der Waals surface area contributed by atoms with E-state index in [-0.39, 0.29) is 29.4 Å². The van der Waals surface area contributed by atoms with E-state index in [0.717, 1.165) is 31.7 Å². The number of hydrogen-bond donors (Lipinski definition) is 0. The van der Waals surface area contributed by atoms with Crippen molar-refractivity contribution in [2.24, 2.45) is 0 Å². The fraction of sp³-hybridized carbons (Fsp3) is 0.630. The average Bonchev–Trinajstić information content (AvgIpc) is 2.85. The predicted octanol–water partition coefficient (Wildman–Crippen LogP) is 6.86. The van der Waals surface area contributed by atoms with Gasteiger partial charge < -0.3 is 14.4 Å². The van der Waals surface area contributed by atoms with Crippen LogP contribution in [0.1, 0.15) is 82.3 Å². The molecule has 2 aromatic rings. The molecule has 1 aromatic heterocycles. The topological polar surface area (TPSA) is 47.5 Å². The molecule has 2 aliphatic rings. The summed E-state index contributed by atoms with van der Waals surface area (Å²) in [6.07, 6.45) is 2.84. The average molecular weight is 492 g/mol. The van der Waals surface area contributed by atoms with Gasteiger partial charge in [0.15, 0.2) is 0 Å². The van der Waals surface area contributed by atoms with Gasteiger partial charge in [-0.3, -0.25) is 0 Å². The zero-order chi connectivity index (χ0) is 25.0. The van der Waals surface area contributed by atoms with Crippen molar-refractivity contribution in [2.45, 2.75) is 89.5 Å². The van der Waals surface area contributed by atoms with E-state index in [9.17, 15) is 13.2 Å². The highest BCUT2D eigenvalue weighted by Crippen LogP contribution is 2.45. The Labute approximate surface area is 206 Å². The van der Waals surface area contributed by atoms with Crippen LogP contribution < -0.4 is 9.47 Å². The second kappa shape index (κ2) is 11.1. The normalized spacial score (nSPS) is 19.5. The maximum atomic E-state index is 14.5. The number of benzene rings is 1. The van der Waals surface area contributed by atoms with Crippen LogP contribution in [0.15, 0.2) is 24.3 Å². The summed E-state index contributed by atoms with van der Waals surface area (Å²) in [6, 6.07) is 7.21. The molecule has 1 unspecified atom stereocenters. The molecule has 2 fully saturated rings. The number of piperidine rings is 1. The number of rotatable bonds is 7. The largest absolute Gasteiger partial charge is 0.490 e. The molecule has 0 amide bonds. The summed E-state index contributed by atoms with van der Waals surface area (Å²) in [5.74, 6) is -0.0320. The first-order valence-electron chi connectivity index (χ1n) is 12.9. The molecule has 1 aliphatic carbocycles. The monoisotopic (exact) mass is 491 g/mol. The zero-order valence-electron chi connectivity index (χ0n) is 20.9. The number of hydrogen-bond acceptors (Lipinski definition) is 5. The van der Waals surface area contributed by atoms with E-state index in [2.05, 4.69) is 15.1 Å². The summed E-state index contributed by atoms with van der Waals surface area (Å²) >= 11 is 0. The lowest BCUT2D eigenvalue weighted by Gasteiger charge is -2.30. The number of likely N-dealkylation sites (tertiary alicyclic amines) is 1. The van der Waals surface area contributed by atoms with Gasteiger partial charge in [0, 0.05) is 24.2 Å². The van der Waals surface area contributed by atoms with Crippen LogP contribution in [0.3, 0.4) is 0 Å². The van der Waals surface area contributed by atoms with Crippen molar-refractivity contribution in [3.8, 4) is 22.9 Å². The van der Waals surface area contributed by atoms with Crippen molar-refractivity contribution < 1.29 is 22.6 Å². The molecule has 1 saturated carbocycles. The first kappa shape index (κ1) is 25.7. The van der Waals surface area contributed by atoms with Gasteiger partial charge in [0.1, 0.15) is 17.4 Å². The molecule has 1 aromatic carbocycles. The molecule has 35 heavy (non-hydrogen) atoms. The van der Waals surface area contributed by atoms with E-state index in [1.54, 1.807) is 19.1 Å². The smallest absolute Gasteiger partial charge is 0.422 e. The number of alkyl halides is 3. The molecule has 1 atom stereocenters. The van der Waals surface area contributed by atoms with Crippen molar-refractivity contribution >= 4 is 0 Å². The molecule has 1 aliphatic heterocycles. The minimum atomic E-state index is -4.60. The van der Waals surface area contributed by atoms with Crippen molar-refractivity contribution in [3.05, 3.63) is 35.4 Å². The van der Waals surface area contributed by atoms with Gasteiger partial charge in [0.25, 0.3) is 0 Å². The van der Waals surface area contributed by atoms with Gasteiger partial charge >= 0.3 is 6.18 Å². The van der Waals surface area contributed by atoms with E-state index in [4.69, 9.17) is 9.47 Å². The summed E-state index contributed by atoms with van der Waals surface area (Å²) in [4.78, 5) is 2.14. The Hall–Kier alpha value is -2.35. The Morgan fingerprint density at radius 3 is 2.17 bits per heavy atom. The van der Waals surface area contributed by atoms with Gasteiger partial charge in [-0.15, -0.1) is 10.2 Å². The van der Waals surface area contributed by atoms with E-state index in [1.165, 1.54) is 19.3 Å². The lowest BCUT2D eigenvalue weighted by Crippen LogP contribution is -2.36. The fourth-order valence-corrected chi connectivity index (χ4v) is 5.01. The zero-order valence-corrected chi connectivity index (χ0v) is 20.9. The van der Waals surface area contributed by atoms with Crippen LogP contribution in [-0.2, 0) is 6.18 Å². The number of nitrogens with zero attached hydrogens (tertiary/aromatic N) is 3. The second-order valence-corrected chi connectivity index (χ2v) is 9.97. The molecule has 0 radical (unpaired) electrons. The Bertz CT molecular complexity index is 967. The minimum absolute atomic E-state index is 0.152. The maximum absolute atomic E-state index is 14.5. The Morgan fingerprint density at radius 2 is 1.57 bits per heavy atom. The first-order valence-corrected chi connectivity index (χ1v) is 12.9. The third kappa shape index (κ3) is 6.26. The van der Waals surface area contributed by atoms with Crippen LogP contribution in [-0.4, -0.2) is 47.4 Å². The van der Waals surface area contributed by atoms with Crippen LogP contribution in [0, 0.1) is 0 Å². The van der Waals surface area contributed by atoms with Gasteiger partial charge in [0.2, 0.25) is 5.88 Å². The number of aromatic nitrogens is 2. The number of halogens is 3. The third-order valence-electron chi connectivity index (χ3n) is 7.29. The minimum Gasteiger partial charge on any atom is -0.490 e. The van der Waals surface area contributed by atoms with E-state index in [0.29, 0.717) is 24.8 Å². The standard InChI is InChI=1S/C27H36F3N3O2/c1-4-18(2)23-24(27(28,29)30)26(35-22-14-16-33(3)17-15-22)32-31-25(23)19-10-12-21(13-11-19)34-20-8-6-5-7-9-20/h10-13,18,20,22H,4-9,14-17H2,1-3H3. The van der Waals surface area contributed by atoms with Gasteiger partial charge in [0.05, 0.1) is 11.8 Å². The van der Waals surface area contributed by atoms with Gasteiger partial charge in [-0.1, -0.05) is 20.3 Å². The van der Waals surface area contributed by atoms with Crippen LogP contribution in [0.5, 0.6) is 11.6 Å². The SMILES string of the molecule is CCC(C)c1c(-c2ccc(OC3CCCCC3)cc2)nnc(OC2CCN(C)CC2)c1C(F)(F)F. The van der Waals surface area contributed by atoms with Crippen molar-refractivity contribution in [3.63, 3.8) is 0 Å². The van der Waals surface area contributed by atoms with Crippen molar-refractivity contribution in [1.82, 2.24) is 15.1 Å². The van der Waals surface area contributed by atoms with Crippen LogP contribution in [0.4, 0.5) is 13.2 Å². The lowest BCUT2D eigenvalue weighted by atomic mass is 9.90. The molecule has 5 nitrogen and oxygen atoms in total. The lowest BCUT2D eigenvalue weighted by molar-refractivity contribution is -0.140. The highest BCUT2D eigenvalue weighted by molar-refractivity contribution is 5.67. The van der Waals surface area contributed by atoms with Crippen LogP contribution >= 0.6 is 0 Å². The Kier molecular flexibility index (Phi) is 8.19. The maximum Gasteiger partial charge on any atom is 0.422 e. The summed E-state index contributed by atoms with van der Waals surface area (Å²) in [7, 11) is 2.00. The Morgan fingerprint density at radius 1 is 0.943 bits per heavy atom. The molecule has 4 rings (SSSR count). The molecule has 8 heteroatoms. The van der Waals surface area contributed by atoms with Gasteiger partial charge in [-0.05, 0) is 82.2 Å². The van der Waals surface area contributed by atoms with Crippen molar-refractivity contribution in [1.29, 1.82) is 0 Å². The molecule has 192 valence electrons. The molecular formula is C27H36F3N3O2. The van der Waals surface area contributed by atoms with E-state index >= 15 is 0 Å². The first-order chi connectivity index (χ1) is 16.8. The highest BCUT2D eigenvalue weighted by Gasteiger charge is 2.42. The van der Waals surface area contributed by atoms with E-state index in [1.807, 2.05) is 26.1 Å². The summed E-state index contributed by atoms with van der Waals surface area (Å²) in [5.41, 5.74) is 0.212. The van der Waals surface area contributed by atoms with Crippen molar-refractivity contribution in [2.75, 3.05) is 20.1 Å². The molecular weight excluding hydrogens is 455 g/mol. The number of ether oxygens (including phenoxy) is 2. The third-order valence-corrected chi connectivity index (χ3v) is 7.29. The second-order valence-electron chi connectivity index (χ2n) is 9.97.